The lowest BCUT2D eigenvalue weighted by atomic mass is 9.89. The Labute approximate surface area is 724 Å². The number of ether oxygens (including phenoxy) is 1. The summed E-state index contributed by atoms with van der Waals surface area (Å²) in [5.41, 5.74) is 14.2. The molecule has 13 aromatic carbocycles. The average molecular weight is 1680 g/mol. The maximum Gasteiger partial charge on any atom is 0.122 e. The molecule has 0 radical (unpaired) electrons. The lowest BCUT2D eigenvalue weighted by molar-refractivity contribution is 0.408. The number of fused-ring (bicyclic) bond motifs is 4. The Morgan fingerprint density at radius 2 is 0.814 bits per heavy atom. The second-order valence-electron chi connectivity index (χ2n) is 32.4. The molecule has 0 N–H and O–H groups in total. The molecule has 5 heterocycles. The summed E-state index contributed by atoms with van der Waals surface area (Å²) in [6.45, 7) is 37.5. The minimum atomic E-state index is 0.478. The summed E-state index contributed by atoms with van der Waals surface area (Å²) in [5, 5.41) is 15.6. The Balaban J connectivity index is 0.000000135. The van der Waals surface area contributed by atoms with Crippen LogP contribution in [0.5, 0.6) is 5.75 Å². The van der Waals surface area contributed by atoms with Gasteiger partial charge in [0.25, 0.3) is 0 Å². The van der Waals surface area contributed by atoms with E-state index in [2.05, 4.69) is 458 Å². The highest BCUT2D eigenvalue weighted by Gasteiger charge is 2.17. The van der Waals surface area contributed by atoms with Crippen molar-refractivity contribution < 1.29 is 9.15 Å². The number of nitrogens with zero attached hydrogens (tertiary/aromatic N) is 2. The Morgan fingerprint density at radius 1 is 0.339 bits per heavy atom. The van der Waals surface area contributed by atoms with E-state index in [0.29, 0.717) is 47.3 Å². The predicted molar refractivity (Wildman–Crippen MR) is 525 cm³/mol. The third-order valence-corrected chi connectivity index (χ3v) is 25.4. The molecule has 0 atom stereocenters. The highest BCUT2D eigenvalue weighted by atomic mass is 79.9. The fourth-order valence-electron chi connectivity index (χ4n) is 14.6. The number of hydrogen-bond acceptors (Lipinski definition) is 6. The second-order valence-corrected chi connectivity index (χ2v) is 36.7. The molecule has 118 heavy (non-hydrogen) atoms. The summed E-state index contributed by atoms with van der Waals surface area (Å²) >= 11 is 9.02. The number of furan rings is 1. The second kappa shape index (κ2) is 42.7. The van der Waals surface area contributed by atoms with Crippen LogP contribution in [0.25, 0.3) is 80.3 Å². The van der Waals surface area contributed by atoms with Gasteiger partial charge >= 0.3 is 0 Å². The largest absolute Gasteiger partial charge is 0.496 e. The van der Waals surface area contributed by atoms with Gasteiger partial charge in [-0.15, -0.1) is 34.0 Å². The molecule has 4 nitrogen and oxygen atoms in total. The van der Waals surface area contributed by atoms with Gasteiger partial charge in [0.05, 0.1) is 24.4 Å². The van der Waals surface area contributed by atoms with Crippen molar-refractivity contribution >= 4 is 132 Å². The number of para-hydroxylation sites is 4. The van der Waals surface area contributed by atoms with Gasteiger partial charge in [0, 0.05) is 73.9 Å². The minimum Gasteiger partial charge on any atom is -0.496 e. The van der Waals surface area contributed by atoms with Crippen molar-refractivity contribution in [2.45, 2.75) is 165 Å². The highest BCUT2D eigenvalue weighted by Crippen LogP contribution is 2.41. The van der Waals surface area contributed by atoms with Crippen molar-refractivity contribution in [3.05, 3.63) is 386 Å². The topological polar surface area (TPSA) is 30.5 Å². The van der Waals surface area contributed by atoms with Gasteiger partial charge in [-0.1, -0.05) is 327 Å². The molecule has 18 rings (SSSR count). The molecule has 0 bridgehead atoms. The Hall–Kier alpha value is -10.6. The zero-order valence-electron chi connectivity index (χ0n) is 72.2. The fraction of sp³-hybridized carbons (Fsp3) is 0.236. The molecule has 0 aliphatic carbocycles. The first-order valence-electron chi connectivity index (χ1n) is 41.8. The summed E-state index contributed by atoms with van der Waals surface area (Å²) in [7, 11) is 1.73. The van der Waals surface area contributed by atoms with E-state index in [1.807, 2.05) is 46.1 Å². The van der Waals surface area contributed by atoms with Crippen LogP contribution in [-0.4, -0.2) is 11.7 Å². The number of halogens is 1. The van der Waals surface area contributed by atoms with E-state index in [-0.39, 0.29) is 0 Å². The molecule has 8 heteroatoms. The number of methoxy groups -OCH3 is 1. The number of thiophene rings is 3. The van der Waals surface area contributed by atoms with Crippen molar-refractivity contribution in [3.8, 4) is 21.2 Å². The molecule has 18 aromatic rings. The lowest BCUT2D eigenvalue weighted by Crippen LogP contribution is -2.09. The molecule has 0 saturated carbocycles. The van der Waals surface area contributed by atoms with E-state index in [1.54, 1.807) is 13.4 Å². The van der Waals surface area contributed by atoms with Crippen LogP contribution in [0.2, 0.25) is 0 Å². The first-order valence-corrected chi connectivity index (χ1v) is 45.1. The van der Waals surface area contributed by atoms with Crippen LogP contribution in [0.15, 0.2) is 342 Å². The molecule has 604 valence electrons. The van der Waals surface area contributed by atoms with Gasteiger partial charge in [-0.2, -0.15) is 0 Å². The van der Waals surface area contributed by atoms with Gasteiger partial charge in [-0.25, -0.2) is 0 Å². The molecular formula is C110H117BrN2O2S3. The standard InChI is InChI=1S/C21H19N.C21H21N.C19H16.C14H16O.C12H14S2.C9H11Br.C7H10O.C7H10S/c1-15(2)16-11-13-17(14-12-16)22-20-9-5-3-7-18(20)19-8-4-6-10-21(19)22;1-17(2)18-13-15-21(16-14-18)22(19-9-5-3-6-10-19)20-11-7-4-8-12-20;1-12(2)16-10-8-15-7-6-13-4-3-5-14-9-11-17(16)19(15)18(13)14;1-10(2)14-12-7-5-4-6-11(12)8-9-13(14)15-3;1-8(2)10-6-7-12(14-10)11-5-4-9(3)13-11;1-7(2)8-3-5-9(10)6-4-8;2*1-6(2)7-4-3-5-8-7/h3-15H,1-2H3;3-17H,1-2H3;3-12H,1-2H3;4-10H,1-3H3;4-8H,1-3H3;3-7H,1-2H3;2*3-6H,1-2H3. The van der Waals surface area contributed by atoms with Crippen molar-refractivity contribution in [3.63, 3.8) is 0 Å². The number of benzene rings is 13. The molecule has 0 aliphatic rings. The van der Waals surface area contributed by atoms with Crippen molar-refractivity contribution in [1.29, 1.82) is 0 Å². The number of hydrogen-bond donors (Lipinski definition) is 0. The SMILES string of the molecule is CC(C)c1ccc(-n2c3ccccc3c3ccccc32)cc1.CC(C)c1ccc(Br)cc1.CC(C)c1ccc(N(c2ccccc2)c2ccccc2)cc1.CC(C)c1ccc2ccc3cccc4ccc1c2c34.CC(C)c1ccco1.CC(C)c1cccs1.COc1ccc2ccccc2c1C(C)C.Cc1ccc(-c2ccc(C(C)C)s2)s1. The highest BCUT2D eigenvalue weighted by molar-refractivity contribution is 9.10. The lowest BCUT2D eigenvalue weighted by Gasteiger charge is -2.25. The minimum absolute atomic E-state index is 0.478. The third kappa shape index (κ3) is 22.8. The first kappa shape index (κ1) is 88.2. The molecule has 0 amide bonds. The average Bonchev–Trinajstić information content (AvgIpc) is 1.39. The van der Waals surface area contributed by atoms with Crippen LogP contribution in [0.3, 0.4) is 0 Å². The van der Waals surface area contributed by atoms with Crippen molar-refractivity contribution in [1.82, 2.24) is 4.57 Å². The van der Waals surface area contributed by atoms with Crippen molar-refractivity contribution in [2.75, 3.05) is 12.0 Å². The summed E-state index contributed by atoms with van der Waals surface area (Å²) in [4.78, 5) is 9.44. The van der Waals surface area contributed by atoms with Crippen LogP contribution < -0.4 is 9.64 Å². The normalized spacial score (nSPS) is 11.1. The fourth-order valence-corrected chi connectivity index (χ4v) is 17.6. The molecule has 5 aromatic heterocycles. The third-order valence-electron chi connectivity index (χ3n) is 21.1. The number of rotatable bonds is 14. The van der Waals surface area contributed by atoms with Gasteiger partial charge < -0.3 is 18.6 Å². The van der Waals surface area contributed by atoms with Gasteiger partial charge in [-0.05, 0) is 240 Å². The molecule has 0 unspecified atom stereocenters. The quantitative estimate of drug-likeness (QED) is 0.102. The van der Waals surface area contributed by atoms with Gasteiger partial charge in [0.15, 0.2) is 0 Å². The molecule has 0 spiro atoms. The smallest absolute Gasteiger partial charge is 0.122 e. The van der Waals surface area contributed by atoms with Gasteiger partial charge in [0.1, 0.15) is 11.5 Å². The van der Waals surface area contributed by atoms with Crippen LogP contribution in [0.1, 0.15) is 206 Å². The summed E-state index contributed by atoms with van der Waals surface area (Å²) < 4.78 is 14.0. The van der Waals surface area contributed by atoms with Crippen LogP contribution in [0.4, 0.5) is 17.1 Å². The van der Waals surface area contributed by atoms with E-state index in [1.165, 1.54) is 140 Å². The van der Waals surface area contributed by atoms with Crippen LogP contribution in [0, 0.1) is 6.92 Å². The number of aromatic nitrogens is 1. The van der Waals surface area contributed by atoms with E-state index < -0.39 is 0 Å². The Bertz CT molecular complexity index is 5860. The van der Waals surface area contributed by atoms with Gasteiger partial charge in [-0.3, -0.25) is 0 Å². The first-order chi connectivity index (χ1) is 57.0. The maximum atomic E-state index is 5.41. The number of aryl methyl sites for hydroxylation is 1. The van der Waals surface area contributed by atoms with Crippen molar-refractivity contribution in [2.24, 2.45) is 0 Å². The van der Waals surface area contributed by atoms with Crippen LogP contribution in [-0.2, 0) is 0 Å². The van der Waals surface area contributed by atoms with E-state index in [0.717, 1.165) is 16.0 Å². The van der Waals surface area contributed by atoms with Crippen LogP contribution >= 0.6 is 49.9 Å². The molecule has 0 saturated heterocycles. The molecule has 0 aliphatic heterocycles. The van der Waals surface area contributed by atoms with E-state index >= 15 is 0 Å². The summed E-state index contributed by atoms with van der Waals surface area (Å²) in [6.07, 6.45) is 1.70. The molecular weight excluding hydrogens is 1560 g/mol. The summed E-state index contributed by atoms with van der Waals surface area (Å²) in [6, 6.07) is 114. The molecule has 0 fully saturated rings. The zero-order valence-corrected chi connectivity index (χ0v) is 76.2. The zero-order chi connectivity index (χ0) is 83.9. The Kier molecular flexibility index (Phi) is 31.9. The maximum absolute atomic E-state index is 5.41. The Morgan fingerprint density at radius 3 is 1.28 bits per heavy atom. The summed E-state index contributed by atoms with van der Waals surface area (Å²) in [5.74, 6) is 6.70. The monoisotopic (exact) mass is 1670 g/mol. The van der Waals surface area contributed by atoms with Gasteiger partial charge in [0.2, 0.25) is 0 Å². The number of anilines is 3. The van der Waals surface area contributed by atoms with E-state index in [4.69, 9.17) is 9.15 Å². The van der Waals surface area contributed by atoms with E-state index in [9.17, 15) is 0 Å². The predicted octanol–water partition coefficient (Wildman–Crippen LogP) is 35.6.